The Morgan fingerprint density at radius 1 is 0.700 bits per heavy atom. The molecule has 1 N–H and O–H groups in total. The van der Waals surface area contributed by atoms with Crippen molar-refractivity contribution in [2.24, 2.45) is 5.92 Å². The van der Waals surface area contributed by atoms with Gasteiger partial charge in [-0.15, -0.1) is 0 Å². The summed E-state index contributed by atoms with van der Waals surface area (Å²) in [4.78, 5) is 35.7. The van der Waals surface area contributed by atoms with Crippen LogP contribution < -0.4 is 0 Å². The Morgan fingerprint density at radius 3 is 1.90 bits per heavy atom. The van der Waals surface area contributed by atoms with Crippen LogP contribution in [0.2, 0.25) is 0 Å². The summed E-state index contributed by atoms with van der Waals surface area (Å²) in [5.74, 6) is 0.325. The molecule has 0 aliphatic rings. The molecule has 0 amide bonds. The minimum Gasteiger partial charge on any atom is -0.462 e. The lowest BCUT2D eigenvalue weighted by Gasteiger charge is -2.15. The zero-order chi connectivity index (χ0) is 29.7. The molecule has 40 heavy (non-hydrogen) atoms. The summed E-state index contributed by atoms with van der Waals surface area (Å²) in [5.41, 5.74) is 0. The first kappa shape index (κ1) is 38.0. The van der Waals surface area contributed by atoms with Crippen molar-refractivity contribution < 1.29 is 29.0 Å². The molecule has 0 spiro atoms. The highest BCUT2D eigenvalue weighted by Gasteiger charge is 2.16. The van der Waals surface area contributed by atoms with Crippen molar-refractivity contribution in [1.82, 2.24) is 0 Å². The lowest BCUT2D eigenvalue weighted by molar-refractivity contribution is -0.161. The van der Waals surface area contributed by atoms with E-state index in [1.165, 1.54) is 32.1 Å². The molecule has 0 radical (unpaired) electrons. The van der Waals surface area contributed by atoms with Crippen LogP contribution in [0.1, 0.15) is 149 Å². The number of ether oxygens (including phenoxy) is 2. The molecule has 0 unspecified atom stereocenters. The molecule has 0 aliphatic carbocycles. The first-order chi connectivity index (χ1) is 19.4. The molecule has 0 saturated heterocycles. The van der Waals surface area contributed by atoms with Crippen molar-refractivity contribution in [2.75, 3.05) is 13.2 Å². The Morgan fingerprint density at radius 2 is 1.27 bits per heavy atom. The molecule has 0 bridgehead atoms. The molecule has 1 atom stereocenters. The van der Waals surface area contributed by atoms with Crippen molar-refractivity contribution in [3.8, 4) is 0 Å². The van der Waals surface area contributed by atoms with Crippen molar-refractivity contribution in [3.05, 3.63) is 24.3 Å². The number of hydrogen-bond acceptors (Lipinski definition) is 6. The van der Waals surface area contributed by atoms with Crippen molar-refractivity contribution in [1.29, 1.82) is 0 Å². The summed E-state index contributed by atoms with van der Waals surface area (Å²) < 4.78 is 10.5. The summed E-state index contributed by atoms with van der Waals surface area (Å²) in [6.07, 6.45) is 26.5. The van der Waals surface area contributed by atoms with Crippen LogP contribution in [0.25, 0.3) is 0 Å². The third-order valence-electron chi connectivity index (χ3n) is 6.90. The van der Waals surface area contributed by atoms with Crippen LogP contribution in [-0.4, -0.2) is 42.1 Å². The van der Waals surface area contributed by atoms with E-state index in [4.69, 9.17) is 9.47 Å². The second-order valence-electron chi connectivity index (χ2n) is 11.4. The molecule has 0 aromatic heterocycles. The Kier molecular flexibility index (Phi) is 27.2. The second kappa shape index (κ2) is 28.6. The van der Waals surface area contributed by atoms with E-state index < -0.39 is 6.10 Å². The van der Waals surface area contributed by atoms with Gasteiger partial charge in [-0.05, 0) is 44.1 Å². The molecule has 0 aromatic rings. The maximum atomic E-state index is 12.1. The predicted molar refractivity (Wildman–Crippen MR) is 164 cm³/mol. The number of rotatable bonds is 28. The van der Waals surface area contributed by atoms with Crippen LogP contribution in [0.5, 0.6) is 0 Å². The van der Waals surface area contributed by atoms with Crippen molar-refractivity contribution >= 4 is 17.7 Å². The number of unbranched alkanes of at least 4 members (excludes halogenated alkanes) is 13. The third kappa shape index (κ3) is 27.6. The summed E-state index contributed by atoms with van der Waals surface area (Å²) >= 11 is 0. The number of aliphatic hydroxyl groups excluding tert-OH is 1. The van der Waals surface area contributed by atoms with E-state index in [0.29, 0.717) is 19.3 Å². The Hall–Kier alpha value is -1.95. The van der Waals surface area contributed by atoms with Gasteiger partial charge in [0, 0.05) is 19.3 Å². The molecule has 0 saturated carbocycles. The summed E-state index contributed by atoms with van der Waals surface area (Å²) in [6, 6.07) is 0. The molecule has 232 valence electrons. The molecule has 0 aromatic carbocycles. The van der Waals surface area contributed by atoms with Crippen LogP contribution in [0, 0.1) is 5.92 Å². The van der Waals surface area contributed by atoms with E-state index >= 15 is 0 Å². The van der Waals surface area contributed by atoms with Gasteiger partial charge in [0.25, 0.3) is 0 Å². The Bertz CT molecular complexity index is 682. The SMILES string of the molecule is CCCCCC(=O)/C=C/C=C\CCCCCCCC(=O)O[C@@H](CO)COC(=O)CCCCCCCCCC(C)C. The van der Waals surface area contributed by atoms with Gasteiger partial charge >= 0.3 is 11.9 Å². The fourth-order valence-electron chi connectivity index (χ4n) is 4.36. The monoisotopic (exact) mass is 564 g/mol. The molecule has 0 aliphatic heterocycles. The van der Waals surface area contributed by atoms with Gasteiger partial charge in [-0.1, -0.05) is 116 Å². The third-order valence-corrected chi connectivity index (χ3v) is 6.90. The van der Waals surface area contributed by atoms with Gasteiger partial charge in [-0.3, -0.25) is 14.4 Å². The summed E-state index contributed by atoms with van der Waals surface area (Å²) in [5, 5.41) is 9.47. The molecular weight excluding hydrogens is 504 g/mol. The maximum Gasteiger partial charge on any atom is 0.306 e. The maximum absolute atomic E-state index is 12.1. The van der Waals surface area contributed by atoms with E-state index in [1.54, 1.807) is 6.08 Å². The first-order valence-electron chi connectivity index (χ1n) is 16.2. The number of carbonyl (C=O) groups is 3. The molecule has 0 heterocycles. The minimum absolute atomic E-state index is 0.0906. The quantitative estimate of drug-likeness (QED) is 0.0443. The topological polar surface area (TPSA) is 89.9 Å². The fraction of sp³-hybridized carbons (Fsp3) is 0.794. The molecule has 6 heteroatoms. The summed E-state index contributed by atoms with van der Waals surface area (Å²) in [6.45, 7) is 6.21. The molecule has 0 fully saturated rings. The first-order valence-corrected chi connectivity index (χ1v) is 16.2. The van der Waals surface area contributed by atoms with Gasteiger partial charge in [0.05, 0.1) is 6.61 Å². The van der Waals surface area contributed by atoms with Gasteiger partial charge in [-0.25, -0.2) is 0 Å². The molecular formula is C34H60O6. The van der Waals surface area contributed by atoms with Gasteiger partial charge < -0.3 is 14.6 Å². The van der Waals surface area contributed by atoms with Gasteiger partial charge in [0.2, 0.25) is 0 Å². The van der Waals surface area contributed by atoms with E-state index in [1.807, 2.05) is 12.2 Å². The normalized spacial score (nSPS) is 12.4. The van der Waals surface area contributed by atoms with E-state index in [9.17, 15) is 19.5 Å². The van der Waals surface area contributed by atoms with Crippen LogP contribution in [-0.2, 0) is 23.9 Å². The average Bonchev–Trinajstić information content (AvgIpc) is 2.92. The van der Waals surface area contributed by atoms with Gasteiger partial charge in [-0.2, -0.15) is 0 Å². The number of ketones is 1. The molecule has 0 rings (SSSR count). The van der Waals surface area contributed by atoms with Crippen LogP contribution in [0.4, 0.5) is 0 Å². The Labute approximate surface area is 245 Å². The number of hydrogen-bond donors (Lipinski definition) is 1. The lowest BCUT2D eigenvalue weighted by Crippen LogP contribution is -2.28. The van der Waals surface area contributed by atoms with Crippen LogP contribution in [0.3, 0.4) is 0 Å². The van der Waals surface area contributed by atoms with Crippen molar-refractivity contribution in [2.45, 2.75) is 155 Å². The largest absolute Gasteiger partial charge is 0.462 e. The highest BCUT2D eigenvalue weighted by molar-refractivity contribution is 5.89. The smallest absolute Gasteiger partial charge is 0.306 e. The second-order valence-corrected chi connectivity index (χ2v) is 11.4. The number of carbonyl (C=O) groups excluding carboxylic acids is 3. The van der Waals surface area contributed by atoms with E-state index in [2.05, 4.69) is 26.8 Å². The number of aliphatic hydroxyl groups is 1. The fourth-order valence-corrected chi connectivity index (χ4v) is 4.36. The lowest BCUT2D eigenvalue weighted by atomic mass is 10.0. The van der Waals surface area contributed by atoms with E-state index in [0.717, 1.165) is 83.0 Å². The van der Waals surface area contributed by atoms with Gasteiger partial charge in [0.15, 0.2) is 11.9 Å². The standard InChI is InChI=1S/C34H60O6/c1-4-5-18-24-31(36)25-20-15-11-7-6-8-12-17-22-27-34(38)40-32(28-35)29-39-33(37)26-21-16-13-9-10-14-19-23-30(2)3/h11,15,20,25,30,32,35H,4-10,12-14,16-19,21-24,26-29H2,1-3H3/b15-11-,25-20+/t32-/m0/s1. The van der Waals surface area contributed by atoms with E-state index in [-0.39, 0.29) is 30.9 Å². The zero-order valence-corrected chi connectivity index (χ0v) is 26.0. The van der Waals surface area contributed by atoms with Gasteiger partial charge in [0.1, 0.15) is 6.61 Å². The predicted octanol–water partition coefficient (Wildman–Crippen LogP) is 8.59. The van der Waals surface area contributed by atoms with Crippen molar-refractivity contribution in [3.63, 3.8) is 0 Å². The highest BCUT2D eigenvalue weighted by Crippen LogP contribution is 2.13. The van der Waals surface area contributed by atoms with Crippen LogP contribution >= 0.6 is 0 Å². The highest BCUT2D eigenvalue weighted by atomic mass is 16.6. The molecule has 6 nitrogen and oxygen atoms in total. The number of esters is 2. The number of allylic oxidation sites excluding steroid dienone is 4. The minimum atomic E-state index is -0.797. The summed E-state index contributed by atoms with van der Waals surface area (Å²) in [7, 11) is 0. The Balaban J connectivity index is 3.69. The average molecular weight is 565 g/mol. The zero-order valence-electron chi connectivity index (χ0n) is 26.0. The van der Waals surface area contributed by atoms with Crippen LogP contribution in [0.15, 0.2) is 24.3 Å².